The smallest absolute Gasteiger partial charge is 0.0766 e. The normalized spacial score (nSPS) is 12.8. The van der Waals surface area contributed by atoms with Crippen LogP contribution in [0.1, 0.15) is 30.1 Å². The van der Waals surface area contributed by atoms with Gasteiger partial charge in [0.2, 0.25) is 0 Å². The van der Waals surface area contributed by atoms with Crippen LogP contribution < -0.4 is 0 Å². The fourth-order valence-corrected chi connectivity index (χ4v) is 3.67. The molecule has 0 amide bonds. The molecule has 0 saturated carbocycles. The molecule has 5 heteroatoms. The van der Waals surface area contributed by atoms with E-state index in [4.69, 9.17) is 0 Å². The van der Waals surface area contributed by atoms with Gasteiger partial charge in [0.1, 0.15) is 0 Å². The quantitative estimate of drug-likeness (QED) is 0.873. The Morgan fingerprint density at radius 1 is 1.42 bits per heavy atom. The molecular weight excluding hydrogens is 324 g/mol. The van der Waals surface area contributed by atoms with Crippen molar-refractivity contribution in [2.45, 2.75) is 45.8 Å². The number of aryl methyl sites for hydroxylation is 2. The van der Waals surface area contributed by atoms with E-state index in [-0.39, 0.29) is 6.10 Å². The van der Waals surface area contributed by atoms with Crippen molar-refractivity contribution in [1.82, 2.24) is 9.78 Å². The molecule has 2 heterocycles. The van der Waals surface area contributed by atoms with Crippen molar-refractivity contribution in [3.8, 4) is 0 Å². The van der Waals surface area contributed by atoms with Gasteiger partial charge in [0, 0.05) is 24.3 Å². The van der Waals surface area contributed by atoms with Crippen molar-refractivity contribution >= 4 is 27.3 Å². The van der Waals surface area contributed by atoms with Crippen LogP contribution in [0.5, 0.6) is 0 Å². The molecule has 19 heavy (non-hydrogen) atoms. The Morgan fingerprint density at radius 3 is 2.79 bits per heavy atom. The minimum atomic E-state index is -0.360. The average molecular weight is 343 g/mol. The van der Waals surface area contributed by atoms with E-state index in [0.717, 1.165) is 28.8 Å². The molecule has 0 radical (unpaired) electrons. The first-order valence-electron chi connectivity index (χ1n) is 6.60. The van der Waals surface area contributed by atoms with Gasteiger partial charge >= 0.3 is 0 Å². The molecule has 104 valence electrons. The zero-order valence-corrected chi connectivity index (χ0v) is 13.7. The molecule has 0 spiro atoms. The summed E-state index contributed by atoms with van der Waals surface area (Å²) in [5.74, 6) is 0. The number of aromatic nitrogens is 2. The molecule has 2 rings (SSSR count). The van der Waals surface area contributed by atoms with E-state index >= 15 is 0 Å². The maximum atomic E-state index is 10.2. The highest BCUT2D eigenvalue weighted by atomic mass is 79.9. The molecule has 3 nitrogen and oxygen atoms in total. The molecule has 0 aliphatic carbocycles. The molecular formula is C14H19BrN2OS. The van der Waals surface area contributed by atoms with E-state index < -0.39 is 0 Å². The van der Waals surface area contributed by atoms with E-state index in [1.54, 1.807) is 11.3 Å². The first-order chi connectivity index (χ1) is 9.15. The summed E-state index contributed by atoms with van der Waals surface area (Å²) in [5, 5.41) is 16.8. The van der Waals surface area contributed by atoms with Gasteiger partial charge in [-0.3, -0.25) is 4.68 Å². The predicted octanol–water partition coefficient (Wildman–Crippen LogP) is 3.44. The fourth-order valence-electron chi connectivity index (χ4n) is 2.17. The van der Waals surface area contributed by atoms with Crippen molar-refractivity contribution in [2.24, 2.45) is 0 Å². The van der Waals surface area contributed by atoms with Crippen molar-refractivity contribution in [3.63, 3.8) is 0 Å². The van der Waals surface area contributed by atoms with Gasteiger partial charge in [-0.05, 0) is 40.7 Å². The van der Waals surface area contributed by atoms with Crippen molar-refractivity contribution in [1.29, 1.82) is 0 Å². The van der Waals surface area contributed by atoms with E-state index in [9.17, 15) is 5.11 Å². The van der Waals surface area contributed by atoms with Gasteiger partial charge in [0.15, 0.2) is 0 Å². The van der Waals surface area contributed by atoms with Gasteiger partial charge in [-0.1, -0.05) is 13.0 Å². The molecule has 0 bridgehead atoms. The van der Waals surface area contributed by atoms with Gasteiger partial charge < -0.3 is 5.11 Å². The minimum Gasteiger partial charge on any atom is -0.392 e. The maximum absolute atomic E-state index is 10.2. The molecule has 0 aromatic carbocycles. The first kappa shape index (κ1) is 14.8. The second-order valence-electron chi connectivity index (χ2n) is 4.52. The Labute approximate surface area is 126 Å². The van der Waals surface area contributed by atoms with Crippen molar-refractivity contribution in [2.75, 3.05) is 0 Å². The summed E-state index contributed by atoms with van der Waals surface area (Å²) in [4.78, 5) is 1.22. The van der Waals surface area contributed by atoms with Gasteiger partial charge in [0.25, 0.3) is 0 Å². The van der Waals surface area contributed by atoms with Crippen LogP contribution in [0.3, 0.4) is 0 Å². The number of thiophene rings is 1. The van der Waals surface area contributed by atoms with Crippen LogP contribution in [0.2, 0.25) is 0 Å². The number of aliphatic hydroxyl groups excluding tert-OH is 1. The Hall–Kier alpha value is -0.650. The minimum absolute atomic E-state index is 0.360. The monoisotopic (exact) mass is 342 g/mol. The van der Waals surface area contributed by atoms with Gasteiger partial charge in [0.05, 0.1) is 22.0 Å². The Bertz CT molecular complexity index is 522. The van der Waals surface area contributed by atoms with E-state index in [2.05, 4.69) is 40.9 Å². The van der Waals surface area contributed by atoms with Crippen molar-refractivity contribution in [3.05, 3.63) is 38.3 Å². The lowest BCUT2D eigenvalue weighted by Crippen LogP contribution is -2.16. The van der Waals surface area contributed by atoms with Crippen LogP contribution in [0.4, 0.5) is 0 Å². The number of aliphatic hydroxyl groups is 1. The third-order valence-corrected chi connectivity index (χ3v) is 4.95. The van der Waals surface area contributed by atoms with Crippen LogP contribution in [-0.4, -0.2) is 21.0 Å². The van der Waals surface area contributed by atoms with E-state index in [1.165, 1.54) is 4.88 Å². The molecule has 1 unspecified atom stereocenters. The highest BCUT2D eigenvalue weighted by molar-refractivity contribution is 9.10. The molecule has 1 N–H and O–H groups in total. The van der Waals surface area contributed by atoms with Gasteiger partial charge in [-0.15, -0.1) is 11.3 Å². The molecule has 0 saturated heterocycles. The second kappa shape index (κ2) is 6.68. The SMILES string of the molecule is CCc1nn(CC)c(CC(O)Cc2cccs2)c1Br. The second-order valence-corrected chi connectivity index (χ2v) is 6.34. The topological polar surface area (TPSA) is 38.0 Å². The highest BCUT2D eigenvalue weighted by Gasteiger charge is 2.17. The van der Waals surface area contributed by atoms with Crippen LogP contribution >= 0.6 is 27.3 Å². The molecule has 2 aromatic rings. The van der Waals surface area contributed by atoms with E-state index in [0.29, 0.717) is 12.8 Å². The third kappa shape index (κ3) is 3.46. The number of nitrogens with zero attached hydrogens (tertiary/aromatic N) is 2. The van der Waals surface area contributed by atoms with Crippen molar-refractivity contribution < 1.29 is 5.11 Å². The van der Waals surface area contributed by atoms with Crippen LogP contribution in [0, 0.1) is 0 Å². The largest absolute Gasteiger partial charge is 0.392 e. The highest BCUT2D eigenvalue weighted by Crippen LogP contribution is 2.24. The summed E-state index contributed by atoms with van der Waals surface area (Å²) in [6, 6.07) is 4.09. The molecule has 0 aliphatic heterocycles. The molecule has 2 aromatic heterocycles. The fraction of sp³-hybridized carbons (Fsp3) is 0.500. The number of halogens is 1. The third-order valence-electron chi connectivity index (χ3n) is 3.14. The van der Waals surface area contributed by atoms with Gasteiger partial charge in [-0.25, -0.2) is 0 Å². The standard InChI is InChI=1S/C14H19BrN2OS/c1-3-12-14(15)13(17(4-2)16-12)9-10(18)8-11-6-5-7-19-11/h5-7,10,18H,3-4,8-9H2,1-2H3. The Morgan fingerprint density at radius 2 is 2.21 bits per heavy atom. The lowest BCUT2D eigenvalue weighted by molar-refractivity contribution is 0.173. The summed E-state index contributed by atoms with van der Waals surface area (Å²) < 4.78 is 3.04. The summed E-state index contributed by atoms with van der Waals surface area (Å²) >= 11 is 5.31. The zero-order chi connectivity index (χ0) is 13.8. The Kier molecular flexibility index (Phi) is 5.19. The lowest BCUT2D eigenvalue weighted by Gasteiger charge is -2.11. The summed E-state index contributed by atoms with van der Waals surface area (Å²) in [6.45, 7) is 5.01. The molecule has 1 atom stereocenters. The predicted molar refractivity (Wildman–Crippen MR) is 82.7 cm³/mol. The number of rotatable bonds is 6. The Balaban J connectivity index is 2.11. The van der Waals surface area contributed by atoms with Crippen LogP contribution in [0.25, 0.3) is 0 Å². The zero-order valence-electron chi connectivity index (χ0n) is 11.3. The maximum Gasteiger partial charge on any atom is 0.0766 e. The number of hydrogen-bond donors (Lipinski definition) is 1. The number of hydrogen-bond acceptors (Lipinski definition) is 3. The summed E-state index contributed by atoms with van der Waals surface area (Å²) in [5.41, 5.74) is 2.17. The average Bonchev–Trinajstić information content (AvgIpc) is 2.99. The van der Waals surface area contributed by atoms with Crippen LogP contribution in [0.15, 0.2) is 22.0 Å². The lowest BCUT2D eigenvalue weighted by atomic mass is 10.1. The molecule has 0 fully saturated rings. The first-order valence-corrected chi connectivity index (χ1v) is 8.27. The van der Waals surface area contributed by atoms with Crippen LogP contribution in [-0.2, 0) is 25.8 Å². The van der Waals surface area contributed by atoms with E-state index in [1.807, 2.05) is 16.1 Å². The molecule has 0 aliphatic rings. The summed E-state index contributed by atoms with van der Waals surface area (Å²) in [7, 11) is 0. The van der Waals surface area contributed by atoms with Gasteiger partial charge in [-0.2, -0.15) is 5.10 Å². The summed E-state index contributed by atoms with van der Waals surface area (Å²) in [6.07, 6.45) is 1.89.